The molecule has 13 heavy (non-hydrogen) atoms. The summed E-state index contributed by atoms with van der Waals surface area (Å²) in [5.74, 6) is 0. The Kier molecular flexibility index (Phi) is 2.48. The van der Waals surface area contributed by atoms with Crippen LogP contribution in [0.5, 0.6) is 0 Å². The fourth-order valence-corrected chi connectivity index (χ4v) is 1.66. The number of fused-ring (bicyclic) bond motifs is 1. The summed E-state index contributed by atoms with van der Waals surface area (Å²) < 4.78 is 0. The van der Waals surface area contributed by atoms with Crippen molar-refractivity contribution in [3.8, 4) is 0 Å². The summed E-state index contributed by atoms with van der Waals surface area (Å²) in [4.78, 5) is 2.65. The molecule has 0 aliphatic carbocycles. The first-order valence-electron chi connectivity index (χ1n) is 4.22. The molecule has 0 aromatic heterocycles. The molecule has 66 valence electrons. The fourth-order valence-electron chi connectivity index (χ4n) is 1.52. The quantitative estimate of drug-likeness (QED) is 0.720. The second-order valence-corrected chi connectivity index (χ2v) is 3.22. The van der Waals surface area contributed by atoms with Gasteiger partial charge in [0.25, 0.3) is 0 Å². The van der Waals surface area contributed by atoms with E-state index in [9.17, 15) is 0 Å². The van der Waals surface area contributed by atoms with E-state index in [-0.39, 0.29) is 0 Å². The average molecular weight is 192 g/mol. The zero-order chi connectivity index (χ0) is 9.10. The molecule has 0 bridgehead atoms. The summed E-state index contributed by atoms with van der Waals surface area (Å²) in [5.41, 5.74) is 1.23. The van der Waals surface area contributed by atoms with Crippen LogP contribution in [0.4, 0.5) is 0 Å². The number of hydrogen-bond donors (Lipinski definition) is 1. The van der Waals surface area contributed by atoms with Crippen molar-refractivity contribution in [3.63, 3.8) is 0 Å². The Morgan fingerprint density at radius 2 is 1.77 bits per heavy atom. The van der Waals surface area contributed by atoms with Crippen LogP contribution in [0.3, 0.4) is 0 Å². The normalized spacial score (nSPS) is 10.5. The van der Waals surface area contributed by atoms with E-state index in [1.165, 1.54) is 16.3 Å². The van der Waals surface area contributed by atoms with E-state index in [1.54, 1.807) is 0 Å². The first-order chi connectivity index (χ1) is 6.42. The zero-order valence-corrected chi connectivity index (χ0v) is 7.88. The molecule has 0 saturated carbocycles. The summed E-state index contributed by atoms with van der Waals surface area (Å²) >= 11 is 5.49. The molecule has 2 heteroatoms. The predicted octanol–water partition coefficient (Wildman–Crippen LogP) is 3.08. The Bertz CT molecular complexity index is 406. The van der Waals surface area contributed by atoms with Gasteiger partial charge in [0.2, 0.25) is 0 Å². The van der Waals surface area contributed by atoms with Crippen molar-refractivity contribution >= 4 is 22.5 Å². The summed E-state index contributed by atoms with van der Waals surface area (Å²) in [6.45, 7) is 0.697. The largest absolute Gasteiger partial charge is 0.229 e. The minimum atomic E-state index is 0.697. The van der Waals surface area contributed by atoms with Crippen molar-refractivity contribution in [3.05, 3.63) is 48.0 Å². The molecule has 2 aromatic carbocycles. The second-order valence-electron chi connectivity index (χ2n) is 2.95. The maximum Gasteiger partial charge on any atom is 0.0365 e. The molecular formula is C11H10ClN. The second kappa shape index (κ2) is 3.77. The zero-order valence-electron chi connectivity index (χ0n) is 7.13. The fraction of sp³-hybridized carbons (Fsp3) is 0.0909. The van der Waals surface area contributed by atoms with Gasteiger partial charge in [0.05, 0.1) is 0 Å². The lowest BCUT2D eigenvalue weighted by Gasteiger charge is -2.03. The lowest BCUT2D eigenvalue weighted by molar-refractivity contribution is 0.974. The summed E-state index contributed by atoms with van der Waals surface area (Å²) in [7, 11) is 0. The van der Waals surface area contributed by atoms with Gasteiger partial charge >= 0.3 is 0 Å². The number of halogens is 1. The van der Waals surface area contributed by atoms with Crippen molar-refractivity contribution in [2.45, 2.75) is 6.54 Å². The van der Waals surface area contributed by atoms with Crippen molar-refractivity contribution < 1.29 is 0 Å². The SMILES string of the molecule is ClNCc1cccc2ccccc12. The summed E-state index contributed by atoms with van der Waals surface area (Å²) in [6.07, 6.45) is 0. The third-order valence-corrected chi connectivity index (χ3v) is 2.27. The highest BCUT2D eigenvalue weighted by Crippen LogP contribution is 2.18. The first-order valence-corrected chi connectivity index (χ1v) is 4.60. The Hall–Kier alpha value is -1.05. The van der Waals surface area contributed by atoms with Crippen LogP contribution in [0.15, 0.2) is 42.5 Å². The monoisotopic (exact) mass is 191 g/mol. The van der Waals surface area contributed by atoms with E-state index in [0.29, 0.717) is 6.54 Å². The van der Waals surface area contributed by atoms with Crippen molar-refractivity contribution in [1.29, 1.82) is 0 Å². The van der Waals surface area contributed by atoms with E-state index in [1.807, 2.05) is 18.2 Å². The van der Waals surface area contributed by atoms with Gasteiger partial charge in [-0.05, 0) is 28.1 Å². The molecule has 0 spiro atoms. The van der Waals surface area contributed by atoms with E-state index in [0.717, 1.165) is 0 Å². The van der Waals surface area contributed by atoms with E-state index in [2.05, 4.69) is 29.1 Å². The third-order valence-electron chi connectivity index (χ3n) is 2.14. The highest BCUT2D eigenvalue weighted by molar-refractivity contribution is 6.13. The van der Waals surface area contributed by atoms with Crippen LogP contribution < -0.4 is 4.84 Å². The van der Waals surface area contributed by atoms with Crippen LogP contribution >= 0.6 is 11.8 Å². The van der Waals surface area contributed by atoms with Gasteiger partial charge < -0.3 is 0 Å². The molecule has 0 radical (unpaired) electrons. The average Bonchev–Trinajstić information content (AvgIpc) is 2.19. The number of nitrogens with one attached hydrogen (secondary N) is 1. The van der Waals surface area contributed by atoms with Gasteiger partial charge in [-0.1, -0.05) is 42.5 Å². The first kappa shape index (κ1) is 8.54. The minimum Gasteiger partial charge on any atom is -0.229 e. The molecule has 2 rings (SSSR count). The lowest BCUT2D eigenvalue weighted by Crippen LogP contribution is -1.98. The van der Waals surface area contributed by atoms with Crippen LogP contribution in [-0.2, 0) is 6.54 Å². The molecule has 2 aromatic rings. The van der Waals surface area contributed by atoms with E-state index < -0.39 is 0 Å². The molecule has 0 heterocycles. The molecule has 0 atom stereocenters. The Morgan fingerprint density at radius 1 is 1.00 bits per heavy atom. The molecule has 0 amide bonds. The molecule has 1 nitrogen and oxygen atoms in total. The van der Waals surface area contributed by atoms with Gasteiger partial charge in [0.1, 0.15) is 0 Å². The van der Waals surface area contributed by atoms with Crippen LogP contribution in [-0.4, -0.2) is 0 Å². The van der Waals surface area contributed by atoms with Crippen LogP contribution in [0, 0.1) is 0 Å². The maximum absolute atomic E-state index is 5.49. The molecule has 0 fully saturated rings. The summed E-state index contributed by atoms with van der Waals surface area (Å²) in [5, 5.41) is 2.52. The Labute approximate surface area is 82.4 Å². The van der Waals surface area contributed by atoms with Crippen LogP contribution in [0.25, 0.3) is 10.8 Å². The van der Waals surface area contributed by atoms with Crippen molar-refractivity contribution in [1.82, 2.24) is 4.84 Å². The third kappa shape index (κ3) is 1.67. The number of benzene rings is 2. The van der Waals surface area contributed by atoms with Gasteiger partial charge in [-0.2, -0.15) is 0 Å². The van der Waals surface area contributed by atoms with Crippen molar-refractivity contribution in [2.24, 2.45) is 0 Å². The number of hydrogen-bond acceptors (Lipinski definition) is 1. The Balaban J connectivity index is 2.61. The standard InChI is InChI=1S/C11H10ClN/c12-13-8-10-6-3-5-9-4-1-2-7-11(9)10/h1-7,13H,8H2. The van der Waals surface area contributed by atoms with E-state index in [4.69, 9.17) is 11.8 Å². The Morgan fingerprint density at radius 3 is 2.62 bits per heavy atom. The predicted molar refractivity (Wildman–Crippen MR) is 56.6 cm³/mol. The summed E-state index contributed by atoms with van der Waals surface area (Å²) in [6, 6.07) is 14.5. The minimum absolute atomic E-state index is 0.697. The highest BCUT2D eigenvalue weighted by Gasteiger charge is 1.97. The van der Waals surface area contributed by atoms with Gasteiger partial charge in [-0.25, -0.2) is 4.84 Å². The molecule has 0 aliphatic heterocycles. The molecule has 0 saturated heterocycles. The molecule has 0 aliphatic rings. The van der Waals surface area contributed by atoms with Crippen LogP contribution in [0.2, 0.25) is 0 Å². The van der Waals surface area contributed by atoms with Gasteiger partial charge in [0, 0.05) is 6.54 Å². The van der Waals surface area contributed by atoms with Crippen molar-refractivity contribution in [2.75, 3.05) is 0 Å². The molecular weight excluding hydrogens is 182 g/mol. The van der Waals surface area contributed by atoms with Gasteiger partial charge in [-0.15, -0.1) is 0 Å². The highest BCUT2D eigenvalue weighted by atomic mass is 35.5. The maximum atomic E-state index is 5.49. The number of rotatable bonds is 2. The van der Waals surface area contributed by atoms with Gasteiger partial charge in [0.15, 0.2) is 0 Å². The van der Waals surface area contributed by atoms with E-state index >= 15 is 0 Å². The smallest absolute Gasteiger partial charge is 0.0365 e. The topological polar surface area (TPSA) is 12.0 Å². The van der Waals surface area contributed by atoms with Gasteiger partial charge in [-0.3, -0.25) is 0 Å². The molecule has 0 unspecified atom stereocenters. The lowest BCUT2D eigenvalue weighted by atomic mass is 10.1. The molecule has 1 N–H and O–H groups in total. The van der Waals surface area contributed by atoms with Crippen LogP contribution in [0.1, 0.15) is 5.56 Å².